The molecule has 5 rings (SSSR count). The smallest absolute Gasteiger partial charge is 0.251 e. The number of carbonyl (C=O) groups is 1. The van der Waals surface area contributed by atoms with Gasteiger partial charge in [0.1, 0.15) is 0 Å². The maximum absolute atomic E-state index is 12.5. The van der Waals surface area contributed by atoms with Crippen LogP contribution >= 0.6 is 0 Å². The molecule has 174 valence electrons. The fourth-order valence-corrected chi connectivity index (χ4v) is 4.07. The Kier molecular flexibility index (Phi) is 5.99. The number of carbonyl (C=O) groups excluding carboxylic acids is 1. The molecular weight excluding hydrogens is 430 g/mol. The Labute approximate surface area is 198 Å². The van der Waals surface area contributed by atoms with Gasteiger partial charge in [-0.3, -0.25) is 9.48 Å². The summed E-state index contributed by atoms with van der Waals surface area (Å²) in [5.74, 6) is 0.326. The first kappa shape index (κ1) is 22.0. The summed E-state index contributed by atoms with van der Waals surface area (Å²) in [6.45, 7) is 11.1. The number of hydrogen-bond acceptors (Lipinski definition) is 6. The van der Waals surface area contributed by atoms with Crippen LogP contribution in [0.25, 0.3) is 16.1 Å². The predicted molar refractivity (Wildman–Crippen MR) is 128 cm³/mol. The summed E-state index contributed by atoms with van der Waals surface area (Å²) >= 11 is 0. The van der Waals surface area contributed by atoms with Crippen LogP contribution in [0.2, 0.25) is 0 Å². The Hall–Kier alpha value is -3.77. The number of rotatable bonds is 7. The lowest BCUT2D eigenvalue weighted by Gasteiger charge is -2.22. The molecule has 1 saturated heterocycles. The largest absolute Gasteiger partial charge is 0.381 e. The van der Waals surface area contributed by atoms with Gasteiger partial charge in [-0.15, -0.1) is 0 Å². The van der Waals surface area contributed by atoms with Crippen molar-refractivity contribution in [3.63, 3.8) is 0 Å². The van der Waals surface area contributed by atoms with Crippen LogP contribution in [0, 0.1) is 13.5 Å². The number of nitrogens with one attached hydrogen (secondary N) is 2. The molecule has 2 aliphatic rings. The summed E-state index contributed by atoms with van der Waals surface area (Å²) in [5, 5.41) is 10.6. The van der Waals surface area contributed by atoms with Gasteiger partial charge in [0, 0.05) is 49.6 Å². The van der Waals surface area contributed by atoms with E-state index in [4.69, 9.17) is 16.3 Å². The number of nitrogens with zero attached hydrogens (tertiary/aromatic N) is 5. The monoisotopic (exact) mass is 457 g/mol. The second-order valence-corrected chi connectivity index (χ2v) is 9.00. The highest BCUT2D eigenvalue weighted by Crippen LogP contribution is 2.39. The van der Waals surface area contributed by atoms with Gasteiger partial charge in [0.05, 0.1) is 30.2 Å². The van der Waals surface area contributed by atoms with Gasteiger partial charge in [-0.05, 0) is 37.5 Å². The number of aromatic nitrogens is 4. The van der Waals surface area contributed by atoms with E-state index in [0.717, 1.165) is 61.4 Å². The fourth-order valence-electron chi connectivity index (χ4n) is 4.07. The molecule has 1 aliphatic heterocycles. The zero-order chi connectivity index (χ0) is 23.5. The molecule has 3 heterocycles. The van der Waals surface area contributed by atoms with E-state index in [1.807, 2.05) is 29.9 Å². The maximum atomic E-state index is 12.5. The van der Waals surface area contributed by atoms with Crippen molar-refractivity contribution in [2.24, 2.45) is 0 Å². The summed E-state index contributed by atoms with van der Waals surface area (Å²) in [7, 11) is 0. The third-order valence-electron chi connectivity index (χ3n) is 6.46. The molecule has 0 radical (unpaired) electrons. The van der Waals surface area contributed by atoms with Gasteiger partial charge in [-0.1, -0.05) is 12.1 Å². The fraction of sp³-hybridized carbons (Fsp3) is 0.400. The third-order valence-corrected chi connectivity index (χ3v) is 6.46. The Morgan fingerprint density at radius 3 is 2.71 bits per heavy atom. The SMILES string of the molecule is [C-]#[N+]C1(CNC(=O)c2ccc(-c3nc(Nc4cnn(C5CCOCC5)c4)ncc3C)cc2)CC1. The topological polar surface area (TPSA) is 98.3 Å². The maximum Gasteiger partial charge on any atom is 0.251 e. The van der Waals surface area contributed by atoms with Crippen LogP contribution in [-0.4, -0.2) is 51.0 Å². The standard InChI is InChI=1S/C25H27N7O2/c1-17-13-27-24(30-20-14-29-32(15-20)21-7-11-34-12-8-21)31-22(17)18-3-5-19(6-4-18)23(33)28-16-25(26-2)9-10-25/h3-6,13-15,21H,7-12,16H2,1H3,(H,28,33)(H,27,30,31). The highest BCUT2D eigenvalue weighted by atomic mass is 16.5. The van der Waals surface area contributed by atoms with Gasteiger partial charge >= 0.3 is 0 Å². The van der Waals surface area contributed by atoms with Gasteiger partial charge < -0.3 is 20.2 Å². The molecule has 1 amide bonds. The lowest BCUT2D eigenvalue weighted by atomic mass is 10.1. The Balaban J connectivity index is 1.27. The molecule has 2 N–H and O–H groups in total. The van der Waals surface area contributed by atoms with Crippen LogP contribution in [-0.2, 0) is 4.74 Å². The Morgan fingerprint density at radius 2 is 2.00 bits per heavy atom. The Morgan fingerprint density at radius 1 is 1.24 bits per heavy atom. The highest BCUT2D eigenvalue weighted by molar-refractivity contribution is 5.94. The second kappa shape index (κ2) is 9.23. The van der Waals surface area contributed by atoms with Crippen molar-refractivity contribution in [2.75, 3.05) is 25.1 Å². The molecule has 0 unspecified atom stereocenters. The van der Waals surface area contributed by atoms with E-state index in [9.17, 15) is 4.79 Å². The van der Waals surface area contributed by atoms with Crippen molar-refractivity contribution in [1.82, 2.24) is 25.1 Å². The van der Waals surface area contributed by atoms with E-state index >= 15 is 0 Å². The summed E-state index contributed by atoms with van der Waals surface area (Å²) in [5.41, 5.74) is 3.66. The van der Waals surface area contributed by atoms with E-state index in [1.165, 1.54) is 0 Å². The minimum absolute atomic E-state index is 0.162. The van der Waals surface area contributed by atoms with E-state index in [1.54, 1.807) is 24.5 Å². The van der Waals surface area contributed by atoms with Crippen molar-refractivity contribution in [3.05, 3.63) is 65.4 Å². The molecule has 0 spiro atoms. The minimum Gasteiger partial charge on any atom is -0.381 e. The van der Waals surface area contributed by atoms with Crippen molar-refractivity contribution in [3.8, 4) is 11.3 Å². The van der Waals surface area contributed by atoms with Crippen LogP contribution in [0.15, 0.2) is 42.9 Å². The summed E-state index contributed by atoms with van der Waals surface area (Å²) in [6, 6.07) is 7.70. The lowest BCUT2D eigenvalue weighted by molar-refractivity contribution is 0.0662. The average Bonchev–Trinajstić information content (AvgIpc) is 3.52. The van der Waals surface area contributed by atoms with Gasteiger partial charge in [0.15, 0.2) is 0 Å². The van der Waals surface area contributed by atoms with Crippen molar-refractivity contribution >= 4 is 17.5 Å². The number of benzene rings is 1. The van der Waals surface area contributed by atoms with E-state index < -0.39 is 0 Å². The summed E-state index contributed by atoms with van der Waals surface area (Å²) in [4.78, 5) is 25.2. The first-order valence-corrected chi connectivity index (χ1v) is 11.6. The number of anilines is 2. The predicted octanol–water partition coefficient (Wildman–Crippen LogP) is 3.93. The zero-order valence-electron chi connectivity index (χ0n) is 19.1. The molecule has 1 saturated carbocycles. The van der Waals surface area contributed by atoms with Gasteiger partial charge in [-0.25, -0.2) is 16.5 Å². The van der Waals surface area contributed by atoms with Crippen molar-refractivity contribution < 1.29 is 9.53 Å². The minimum atomic E-state index is -0.377. The van der Waals surface area contributed by atoms with Crippen LogP contribution in [0.4, 0.5) is 11.6 Å². The zero-order valence-corrected chi connectivity index (χ0v) is 19.1. The molecule has 0 atom stereocenters. The van der Waals surface area contributed by atoms with Crippen LogP contribution in [0.5, 0.6) is 0 Å². The van der Waals surface area contributed by atoms with Crippen molar-refractivity contribution in [1.29, 1.82) is 0 Å². The first-order valence-electron chi connectivity index (χ1n) is 11.6. The van der Waals surface area contributed by atoms with E-state index in [2.05, 4.69) is 25.6 Å². The molecule has 2 aromatic heterocycles. The molecule has 1 aromatic carbocycles. The number of aryl methyl sites for hydroxylation is 1. The normalized spacial score (nSPS) is 17.1. The Bertz CT molecular complexity index is 1220. The molecular formula is C25H27N7O2. The van der Waals surface area contributed by atoms with Crippen LogP contribution < -0.4 is 10.6 Å². The van der Waals surface area contributed by atoms with Crippen LogP contribution in [0.1, 0.15) is 47.6 Å². The first-order chi connectivity index (χ1) is 16.5. The molecule has 2 fully saturated rings. The third kappa shape index (κ3) is 4.77. The van der Waals surface area contributed by atoms with E-state index in [-0.39, 0.29) is 11.4 Å². The molecule has 9 heteroatoms. The lowest BCUT2D eigenvalue weighted by Crippen LogP contribution is -2.31. The average molecular weight is 458 g/mol. The molecule has 34 heavy (non-hydrogen) atoms. The van der Waals surface area contributed by atoms with Crippen LogP contribution in [0.3, 0.4) is 0 Å². The van der Waals surface area contributed by atoms with Gasteiger partial charge in [-0.2, -0.15) is 5.10 Å². The number of ether oxygens (including phenoxy) is 1. The molecule has 1 aliphatic carbocycles. The number of amides is 1. The molecule has 3 aromatic rings. The molecule has 9 nitrogen and oxygen atoms in total. The van der Waals surface area contributed by atoms with Gasteiger partial charge in [0.25, 0.3) is 5.91 Å². The van der Waals surface area contributed by atoms with Gasteiger partial charge in [0.2, 0.25) is 11.5 Å². The highest BCUT2D eigenvalue weighted by Gasteiger charge is 2.50. The second-order valence-electron chi connectivity index (χ2n) is 9.00. The number of hydrogen-bond donors (Lipinski definition) is 2. The van der Waals surface area contributed by atoms with Crippen molar-refractivity contribution in [2.45, 2.75) is 44.2 Å². The van der Waals surface area contributed by atoms with E-state index in [0.29, 0.717) is 24.1 Å². The molecule has 0 bridgehead atoms. The quantitative estimate of drug-likeness (QED) is 0.522. The summed E-state index contributed by atoms with van der Waals surface area (Å²) in [6.07, 6.45) is 9.18. The summed E-state index contributed by atoms with van der Waals surface area (Å²) < 4.78 is 7.41.